The second kappa shape index (κ2) is 2.57. The first-order valence-corrected chi connectivity index (χ1v) is 4.33. The van der Waals surface area contributed by atoms with Crippen LogP contribution in [-0.2, 0) is 4.79 Å². The van der Waals surface area contributed by atoms with E-state index in [0.29, 0.717) is 0 Å². The number of hydrogen-bond acceptors (Lipinski definition) is 2. The van der Waals surface area contributed by atoms with E-state index in [9.17, 15) is 4.79 Å². The van der Waals surface area contributed by atoms with E-state index in [2.05, 4.69) is 21.2 Å². The lowest BCUT2D eigenvalue weighted by Crippen LogP contribution is -2.19. The summed E-state index contributed by atoms with van der Waals surface area (Å²) in [6.07, 6.45) is 0. The number of carbonyl (C=O) groups excluding carboxylic acids is 1. The third-order valence-corrected chi connectivity index (χ3v) is 2.38. The Morgan fingerprint density at radius 2 is 2.25 bits per heavy atom. The third kappa shape index (κ3) is 1.04. The Bertz CT molecular complexity index is 351. The predicted molar refractivity (Wildman–Crippen MR) is 49.7 cm³/mol. The summed E-state index contributed by atoms with van der Waals surface area (Å²) >= 11 is 3.32. The van der Waals surface area contributed by atoms with E-state index in [-0.39, 0.29) is 5.91 Å². The summed E-state index contributed by atoms with van der Waals surface area (Å²) in [4.78, 5) is 11.1. The van der Waals surface area contributed by atoms with Gasteiger partial charge in [-0.2, -0.15) is 0 Å². The highest BCUT2D eigenvalue weighted by atomic mass is 79.9. The van der Waals surface area contributed by atoms with Gasteiger partial charge in [-0.05, 0) is 18.2 Å². The third-order valence-electron chi connectivity index (χ3n) is 1.89. The topological polar surface area (TPSA) is 55.1 Å². The minimum atomic E-state index is -0.516. The van der Waals surface area contributed by atoms with Crippen LogP contribution in [0.25, 0.3) is 0 Å². The fourth-order valence-electron chi connectivity index (χ4n) is 1.26. The van der Waals surface area contributed by atoms with E-state index in [4.69, 9.17) is 5.73 Å². The molecule has 1 aliphatic rings. The summed E-state index contributed by atoms with van der Waals surface area (Å²) in [7, 11) is 0. The van der Waals surface area contributed by atoms with Crippen LogP contribution in [-0.4, -0.2) is 5.91 Å². The van der Waals surface area contributed by atoms with Crippen LogP contribution in [0, 0.1) is 0 Å². The maximum atomic E-state index is 11.1. The molecule has 3 N–H and O–H groups in total. The van der Waals surface area contributed by atoms with Crippen molar-refractivity contribution in [2.75, 3.05) is 5.32 Å². The molecule has 0 spiro atoms. The molecule has 1 unspecified atom stereocenters. The predicted octanol–water partition coefficient (Wildman–Crippen LogP) is 1.40. The smallest absolute Gasteiger partial charge is 0.245 e. The number of carbonyl (C=O) groups is 1. The van der Waals surface area contributed by atoms with E-state index in [0.717, 1.165) is 15.7 Å². The van der Waals surface area contributed by atoms with Gasteiger partial charge in [0, 0.05) is 15.7 Å². The summed E-state index contributed by atoms with van der Waals surface area (Å²) in [6, 6.07) is 5.05. The Labute approximate surface area is 78.1 Å². The number of rotatable bonds is 0. The Hall–Kier alpha value is -0.870. The van der Waals surface area contributed by atoms with Crippen molar-refractivity contribution in [3.63, 3.8) is 0 Å². The lowest BCUT2D eigenvalue weighted by atomic mass is 10.1. The van der Waals surface area contributed by atoms with Crippen molar-refractivity contribution in [1.29, 1.82) is 0 Å². The quantitative estimate of drug-likeness (QED) is 0.703. The average molecular weight is 227 g/mol. The maximum Gasteiger partial charge on any atom is 0.245 e. The van der Waals surface area contributed by atoms with Gasteiger partial charge in [0.2, 0.25) is 5.91 Å². The fraction of sp³-hybridized carbons (Fsp3) is 0.125. The van der Waals surface area contributed by atoms with Crippen LogP contribution in [0.4, 0.5) is 5.69 Å². The van der Waals surface area contributed by atoms with Crippen LogP contribution >= 0.6 is 15.9 Å². The molecule has 1 heterocycles. The average Bonchev–Trinajstić information content (AvgIpc) is 2.31. The van der Waals surface area contributed by atoms with Crippen LogP contribution < -0.4 is 11.1 Å². The van der Waals surface area contributed by atoms with Gasteiger partial charge in [-0.3, -0.25) is 4.79 Å². The van der Waals surface area contributed by atoms with E-state index >= 15 is 0 Å². The molecule has 1 aromatic rings. The minimum Gasteiger partial charge on any atom is -0.324 e. The lowest BCUT2D eigenvalue weighted by Gasteiger charge is -2.00. The molecule has 1 amide bonds. The number of nitrogens with two attached hydrogens (primary N) is 1. The molecule has 4 heteroatoms. The maximum absolute atomic E-state index is 11.1. The number of halogens is 1. The summed E-state index contributed by atoms with van der Waals surface area (Å²) in [5, 5.41) is 2.69. The molecule has 0 bridgehead atoms. The molecule has 0 fully saturated rings. The van der Waals surface area contributed by atoms with Gasteiger partial charge in [-0.1, -0.05) is 15.9 Å². The van der Waals surface area contributed by atoms with E-state index in [1.165, 1.54) is 0 Å². The molecule has 0 aliphatic carbocycles. The number of fused-ring (bicyclic) bond motifs is 1. The molecule has 1 aliphatic heterocycles. The second-order valence-electron chi connectivity index (χ2n) is 2.70. The first-order valence-electron chi connectivity index (χ1n) is 3.54. The lowest BCUT2D eigenvalue weighted by molar-refractivity contribution is -0.116. The molecule has 0 saturated carbocycles. The molecule has 3 nitrogen and oxygen atoms in total. The zero-order chi connectivity index (χ0) is 8.72. The van der Waals surface area contributed by atoms with Gasteiger partial charge < -0.3 is 11.1 Å². The van der Waals surface area contributed by atoms with Gasteiger partial charge in [-0.15, -0.1) is 0 Å². The van der Waals surface area contributed by atoms with E-state index < -0.39 is 6.04 Å². The Morgan fingerprint density at radius 1 is 1.50 bits per heavy atom. The number of amides is 1. The Kier molecular flexibility index (Phi) is 1.66. The van der Waals surface area contributed by atoms with E-state index in [1.807, 2.05) is 18.2 Å². The van der Waals surface area contributed by atoms with Crippen molar-refractivity contribution in [2.45, 2.75) is 6.04 Å². The molecule has 0 radical (unpaired) electrons. The van der Waals surface area contributed by atoms with Crippen LogP contribution in [0.15, 0.2) is 22.7 Å². The molecule has 0 saturated heterocycles. The second-order valence-corrected chi connectivity index (χ2v) is 3.61. The zero-order valence-electron chi connectivity index (χ0n) is 6.17. The number of hydrogen-bond donors (Lipinski definition) is 2. The number of nitrogens with one attached hydrogen (secondary N) is 1. The normalized spacial score (nSPS) is 20.5. The Morgan fingerprint density at radius 3 is 3.00 bits per heavy atom. The van der Waals surface area contributed by atoms with Crippen LogP contribution in [0.3, 0.4) is 0 Å². The highest BCUT2D eigenvalue weighted by Gasteiger charge is 2.26. The number of anilines is 1. The molecule has 1 aromatic carbocycles. The van der Waals surface area contributed by atoms with Gasteiger partial charge in [0.15, 0.2) is 0 Å². The molecular weight excluding hydrogens is 220 g/mol. The van der Waals surface area contributed by atoms with Gasteiger partial charge in [0.25, 0.3) is 0 Å². The molecule has 62 valence electrons. The van der Waals surface area contributed by atoms with Crippen LogP contribution in [0.2, 0.25) is 0 Å². The van der Waals surface area contributed by atoms with Gasteiger partial charge in [0.1, 0.15) is 6.04 Å². The van der Waals surface area contributed by atoms with Crippen molar-refractivity contribution >= 4 is 27.5 Å². The summed E-state index contributed by atoms with van der Waals surface area (Å²) < 4.78 is 0.938. The van der Waals surface area contributed by atoms with Crippen LogP contribution in [0.5, 0.6) is 0 Å². The largest absolute Gasteiger partial charge is 0.324 e. The van der Waals surface area contributed by atoms with Crippen LogP contribution in [0.1, 0.15) is 11.6 Å². The van der Waals surface area contributed by atoms with Crippen molar-refractivity contribution in [3.8, 4) is 0 Å². The summed E-state index contributed by atoms with van der Waals surface area (Å²) in [5.41, 5.74) is 7.30. The van der Waals surface area contributed by atoms with Crippen molar-refractivity contribution in [1.82, 2.24) is 0 Å². The molecule has 1 atom stereocenters. The first kappa shape index (κ1) is 7.76. The van der Waals surface area contributed by atoms with Crippen molar-refractivity contribution < 1.29 is 4.79 Å². The monoisotopic (exact) mass is 226 g/mol. The number of benzene rings is 1. The fourth-order valence-corrected chi connectivity index (χ4v) is 1.64. The zero-order valence-corrected chi connectivity index (χ0v) is 7.76. The van der Waals surface area contributed by atoms with Gasteiger partial charge in [0.05, 0.1) is 0 Å². The van der Waals surface area contributed by atoms with Gasteiger partial charge in [-0.25, -0.2) is 0 Å². The minimum absolute atomic E-state index is 0.136. The standard InChI is InChI=1S/C8H7BrN2O/c9-4-1-2-6-5(3-4)7(10)8(12)11-6/h1-3,7H,10H2,(H,11,12). The Balaban J connectivity index is 2.55. The van der Waals surface area contributed by atoms with Crippen molar-refractivity contribution in [3.05, 3.63) is 28.2 Å². The molecular formula is C8H7BrN2O. The summed E-state index contributed by atoms with van der Waals surface area (Å²) in [5.74, 6) is -0.136. The SMILES string of the molecule is NC1C(=O)Nc2ccc(Br)cc21. The summed E-state index contributed by atoms with van der Waals surface area (Å²) in [6.45, 7) is 0. The molecule has 12 heavy (non-hydrogen) atoms. The molecule has 2 rings (SSSR count). The van der Waals surface area contributed by atoms with Crippen molar-refractivity contribution in [2.24, 2.45) is 5.73 Å². The van der Waals surface area contributed by atoms with E-state index in [1.54, 1.807) is 0 Å². The van der Waals surface area contributed by atoms with Gasteiger partial charge >= 0.3 is 0 Å². The highest BCUT2D eigenvalue weighted by molar-refractivity contribution is 9.10. The first-order chi connectivity index (χ1) is 5.68. The highest BCUT2D eigenvalue weighted by Crippen LogP contribution is 2.31. The molecule has 0 aromatic heterocycles.